The van der Waals surface area contributed by atoms with E-state index >= 15 is 0 Å². The zero-order valence-corrected chi connectivity index (χ0v) is 19.8. The zero-order valence-electron chi connectivity index (χ0n) is 16.7. The summed E-state index contributed by atoms with van der Waals surface area (Å²) in [5.74, 6) is 1.60. The van der Waals surface area contributed by atoms with Gasteiger partial charge in [-0.1, -0.05) is 0 Å². The van der Waals surface area contributed by atoms with Gasteiger partial charge in [-0.25, -0.2) is 4.79 Å². The van der Waals surface area contributed by atoms with E-state index in [1.165, 1.54) is 0 Å². The summed E-state index contributed by atoms with van der Waals surface area (Å²) in [7, 11) is 1.56. The third kappa shape index (κ3) is 7.04. The number of aldehydes is 1. The van der Waals surface area contributed by atoms with Crippen molar-refractivity contribution in [2.45, 2.75) is 32.8 Å². The first kappa shape index (κ1) is 23.2. The molecule has 0 aliphatic heterocycles. The number of hydrogen-bond donors (Lipinski definition) is 1. The van der Waals surface area contributed by atoms with Gasteiger partial charge in [-0.05, 0) is 94.9 Å². The van der Waals surface area contributed by atoms with Gasteiger partial charge in [0.25, 0.3) is 0 Å². The lowest BCUT2D eigenvalue weighted by Crippen LogP contribution is -2.33. The van der Waals surface area contributed by atoms with E-state index in [2.05, 4.69) is 37.2 Å². The minimum atomic E-state index is -0.541. The lowest BCUT2D eigenvalue weighted by Gasteiger charge is -2.19. The van der Waals surface area contributed by atoms with Crippen LogP contribution in [-0.4, -0.2) is 31.6 Å². The first-order chi connectivity index (χ1) is 13.6. The number of hydrogen-bond acceptors (Lipinski definition) is 5. The standard InChI is InChI=1S/C21H23Br2NO5/c1-21(2,3)29-20(26)24-8-7-13-9-16(23)19(27-4)18(11-13)28-17-6-5-14(12-25)10-15(17)22/h5-6,9-12H,7-8H2,1-4H3,(H,24,26). The maximum atomic E-state index is 11.8. The zero-order chi connectivity index (χ0) is 21.6. The third-order valence-corrected chi connectivity index (χ3v) is 4.88. The Kier molecular flexibility index (Phi) is 8.10. The predicted octanol–water partition coefficient (Wildman–Crippen LogP) is 5.89. The van der Waals surface area contributed by atoms with Crippen molar-refractivity contribution in [2.75, 3.05) is 13.7 Å². The molecular formula is C21H23Br2NO5. The Balaban J connectivity index is 2.15. The molecule has 0 aliphatic carbocycles. The minimum Gasteiger partial charge on any atom is -0.492 e. The number of benzene rings is 2. The summed E-state index contributed by atoms with van der Waals surface area (Å²) in [5.41, 5.74) is 0.935. The van der Waals surface area contributed by atoms with Crippen LogP contribution in [0.25, 0.3) is 0 Å². The normalized spacial score (nSPS) is 11.0. The van der Waals surface area contributed by atoms with Crippen LogP contribution in [0.2, 0.25) is 0 Å². The van der Waals surface area contributed by atoms with Crippen molar-refractivity contribution in [3.8, 4) is 17.2 Å². The highest BCUT2D eigenvalue weighted by Gasteiger charge is 2.17. The molecule has 0 saturated heterocycles. The Morgan fingerprint density at radius 1 is 1.10 bits per heavy atom. The molecule has 2 rings (SSSR count). The lowest BCUT2D eigenvalue weighted by molar-refractivity contribution is 0.0528. The van der Waals surface area contributed by atoms with Crippen molar-refractivity contribution < 1.29 is 23.8 Å². The van der Waals surface area contributed by atoms with Crippen molar-refractivity contribution in [3.63, 3.8) is 0 Å². The number of alkyl carbamates (subject to hydrolysis) is 1. The number of rotatable bonds is 7. The molecule has 0 bridgehead atoms. The highest BCUT2D eigenvalue weighted by molar-refractivity contribution is 9.11. The van der Waals surface area contributed by atoms with Crippen molar-refractivity contribution in [1.29, 1.82) is 0 Å². The van der Waals surface area contributed by atoms with E-state index in [0.29, 0.717) is 40.3 Å². The summed E-state index contributed by atoms with van der Waals surface area (Å²) >= 11 is 6.91. The highest BCUT2D eigenvalue weighted by Crippen LogP contribution is 2.40. The number of halogens is 2. The Labute approximate surface area is 187 Å². The Morgan fingerprint density at radius 3 is 2.41 bits per heavy atom. The minimum absolute atomic E-state index is 0.408. The summed E-state index contributed by atoms with van der Waals surface area (Å²) in [6.07, 6.45) is 0.883. The first-order valence-electron chi connectivity index (χ1n) is 8.89. The van der Waals surface area contributed by atoms with E-state index in [9.17, 15) is 9.59 Å². The largest absolute Gasteiger partial charge is 0.492 e. The highest BCUT2D eigenvalue weighted by atomic mass is 79.9. The second-order valence-electron chi connectivity index (χ2n) is 7.20. The molecule has 0 unspecified atom stereocenters. The van der Waals surface area contributed by atoms with Crippen LogP contribution < -0.4 is 14.8 Å². The quantitative estimate of drug-likeness (QED) is 0.453. The van der Waals surface area contributed by atoms with Gasteiger partial charge in [-0.15, -0.1) is 0 Å². The average molecular weight is 529 g/mol. The summed E-state index contributed by atoms with van der Waals surface area (Å²) in [5, 5.41) is 2.74. The van der Waals surface area contributed by atoms with Crippen molar-refractivity contribution in [2.24, 2.45) is 0 Å². The molecule has 0 spiro atoms. The smallest absolute Gasteiger partial charge is 0.407 e. The number of carbonyl (C=O) groups excluding carboxylic acids is 2. The van der Waals surface area contributed by atoms with Gasteiger partial charge in [-0.3, -0.25) is 4.79 Å². The number of nitrogens with one attached hydrogen (secondary N) is 1. The molecule has 0 radical (unpaired) electrons. The van der Waals surface area contributed by atoms with Crippen molar-refractivity contribution in [3.05, 3.63) is 50.4 Å². The molecule has 0 fully saturated rings. The summed E-state index contributed by atoms with van der Waals surface area (Å²) in [6, 6.07) is 8.81. The van der Waals surface area contributed by atoms with Gasteiger partial charge in [0.2, 0.25) is 0 Å². The van der Waals surface area contributed by atoms with Crippen LogP contribution in [0.3, 0.4) is 0 Å². The molecule has 6 nitrogen and oxygen atoms in total. The van der Waals surface area contributed by atoms with E-state index in [1.807, 2.05) is 32.9 Å². The van der Waals surface area contributed by atoms with E-state index in [4.69, 9.17) is 14.2 Å². The molecule has 0 atom stereocenters. The SMILES string of the molecule is COc1c(Br)cc(CCNC(=O)OC(C)(C)C)cc1Oc1ccc(C=O)cc1Br. The molecule has 0 aliphatic rings. The fourth-order valence-corrected chi connectivity index (χ4v) is 3.58. The van der Waals surface area contributed by atoms with Gasteiger partial charge in [0.05, 0.1) is 16.1 Å². The van der Waals surface area contributed by atoms with Crippen LogP contribution in [0.5, 0.6) is 17.2 Å². The molecule has 8 heteroatoms. The summed E-state index contributed by atoms with van der Waals surface area (Å²) in [4.78, 5) is 22.7. The number of amides is 1. The van der Waals surface area contributed by atoms with Crippen LogP contribution in [0.4, 0.5) is 4.79 Å². The van der Waals surface area contributed by atoms with Gasteiger partial charge >= 0.3 is 6.09 Å². The second kappa shape index (κ2) is 10.1. The molecule has 0 heterocycles. The monoisotopic (exact) mass is 527 g/mol. The number of methoxy groups -OCH3 is 1. The Bertz CT molecular complexity index is 893. The fraction of sp³-hybridized carbons (Fsp3) is 0.333. The van der Waals surface area contributed by atoms with Crippen LogP contribution in [0, 0.1) is 0 Å². The predicted molar refractivity (Wildman–Crippen MR) is 118 cm³/mol. The molecule has 0 aromatic heterocycles. The molecular weight excluding hydrogens is 506 g/mol. The maximum Gasteiger partial charge on any atom is 0.407 e. The van der Waals surface area contributed by atoms with Crippen molar-refractivity contribution in [1.82, 2.24) is 5.32 Å². The van der Waals surface area contributed by atoms with Gasteiger partial charge in [-0.2, -0.15) is 0 Å². The molecule has 0 saturated carbocycles. The molecule has 2 aromatic carbocycles. The topological polar surface area (TPSA) is 73.9 Å². The Morgan fingerprint density at radius 2 is 1.83 bits per heavy atom. The molecule has 1 N–H and O–H groups in total. The van der Waals surface area contributed by atoms with Gasteiger partial charge < -0.3 is 19.5 Å². The molecule has 2 aromatic rings. The molecule has 156 valence electrons. The maximum absolute atomic E-state index is 11.8. The van der Waals surface area contributed by atoms with E-state index in [-0.39, 0.29) is 0 Å². The molecule has 1 amide bonds. The second-order valence-corrected chi connectivity index (χ2v) is 8.91. The summed E-state index contributed by atoms with van der Waals surface area (Å²) < 4.78 is 18.1. The van der Waals surface area contributed by atoms with Crippen molar-refractivity contribution >= 4 is 44.2 Å². The molecule has 29 heavy (non-hydrogen) atoms. The van der Waals surface area contributed by atoms with Crippen LogP contribution in [0.1, 0.15) is 36.7 Å². The van der Waals surface area contributed by atoms with Gasteiger partial charge in [0, 0.05) is 12.1 Å². The van der Waals surface area contributed by atoms with Gasteiger partial charge in [0.15, 0.2) is 11.5 Å². The number of ether oxygens (including phenoxy) is 3. The first-order valence-corrected chi connectivity index (χ1v) is 10.5. The van der Waals surface area contributed by atoms with E-state index in [1.54, 1.807) is 25.3 Å². The van der Waals surface area contributed by atoms with Crippen LogP contribution in [0.15, 0.2) is 39.3 Å². The van der Waals surface area contributed by atoms with Gasteiger partial charge in [0.1, 0.15) is 17.6 Å². The van der Waals surface area contributed by atoms with Crippen LogP contribution in [-0.2, 0) is 11.2 Å². The van der Waals surface area contributed by atoms with E-state index in [0.717, 1.165) is 16.3 Å². The number of carbonyl (C=O) groups is 2. The lowest BCUT2D eigenvalue weighted by atomic mass is 10.1. The van der Waals surface area contributed by atoms with Crippen LogP contribution >= 0.6 is 31.9 Å². The fourth-order valence-electron chi connectivity index (χ4n) is 2.45. The summed E-state index contributed by atoms with van der Waals surface area (Å²) in [6.45, 7) is 5.86. The van der Waals surface area contributed by atoms with E-state index < -0.39 is 11.7 Å². The average Bonchev–Trinajstić information content (AvgIpc) is 2.61. The third-order valence-electron chi connectivity index (χ3n) is 3.67. The Hall–Kier alpha value is -2.06.